The van der Waals surface area contributed by atoms with Gasteiger partial charge in [0.15, 0.2) is 5.82 Å². The van der Waals surface area contributed by atoms with Gasteiger partial charge >= 0.3 is 0 Å². The van der Waals surface area contributed by atoms with Crippen LogP contribution in [0.15, 0.2) is 30.7 Å². The number of hydrogen-bond acceptors (Lipinski definition) is 6. The molecule has 0 radical (unpaired) electrons. The van der Waals surface area contributed by atoms with Crippen molar-refractivity contribution in [2.24, 2.45) is 7.05 Å². The van der Waals surface area contributed by atoms with Crippen LogP contribution in [0.4, 0.5) is 5.82 Å². The second-order valence-corrected chi connectivity index (χ2v) is 6.38. The molecule has 1 atom stereocenters. The van der Waals surface area contributed by atoms with Crippen molar-refractivity contribution in [3.8, 4) is 0 Å². The van der Waals surface area contributed by atoms with Crippen LogP contribution in [-0.2, 0) is 18.2 Å². The van der Waals surface area contributed by atoms with Crippen LogP contribution in [0.2, 0.25) is 0 Å². The number of rotatable bonds is 7. The third-order valence-electron chi connectivity index (χ3n) is 4.35. The molecule has 2 aromatic heterocycles. The summed E-state index contributed by atoms with van der Waals surface area (Å²) in [6.07, 6.45) is 8.19. The fourth-order valence-corrected chi connectivity index (χ4v) is 3.10. The van der Waals surface area contributed by atoms with E-state index in [1.54, 1.807) is 6.20 Å². The molecule has 0 N–H and O–H groups in total. The van der Waals surface area contributed by atoms with Crippen LogP contribution in [0, 0.1) is 0 Å². The molecule has 0 aliphatic carbocycles. The summed E-state index contributed by atoms with van der Waals surface area (Å²) in [5.74, 6) is 0.884. The van der Waals surface area contributed by atoms with Crippen molar-refractivity contribution in [3.63, 3.8) is 0 Å². The van der Waals surface area contributed by atoms with Crippen LogP contribution in [0.3, 0.4) is 0 Å². The molecule has 1 saturated heterocycles. The van der Waals surface area contributed by atoms with Gasteiger partial charge in [0.2, 0.25) is 0 Å². The van der Waals surface area contributed by atoms with E-state index >= 15 is 0 Å². The fourth-order valence-electron chi connectivity index (χ4n) is 3.10. The van der Waals surface area contributed by atoms with E-state index < -0.39 is 0 Å². The molecule has 0 bridgehead atoms. The first-order valence-corrected chi connectivity index (χ1v) is 8.51. The molecule has 0 saturated carbocycles. The molecule has 0 amide bonds. The summed E-state index contributed by atoms with van der Waals surface area (Å²) in [6.45, 7) is 4.71. The minimum Gasteiger partial charge on any atom is -0.374 e. The molecule has 130 valence electrons. The number of hydrogen-bond donors (Lipinski definition) is 0. The van der Waals surface area contributed by atoms with Gasteiger partial charge < -0.3 is 9.64 Å². The van der Waals surface area contributed by atoms with E-state index in [4.69, 9.17) is 4.74 Å². The topological polar surface area (TPSA) is 59.3 Å². The van der Waals surface area contributed by atoms with Gasteiger partial charge in [0.05, 0.1) is 18.9 Å². The predicted molar refractivity (Wildman–Crippen MR) is 93.0 cm³/mol. The van der Waals surface area contributed by atoms with Crippen LogP contribution in [-0.4, -0.2) is 70.8 Å². The number of anilines is 1. The maximum absolute atomic E-state index is 5.92. The first-order chi connectivity index (χ1) is 11.7. The van der Waals surface area contributed by atoms with Crippen molar-refractivity contribution in [1.82, 2.24) is 24.9 Å². The third-order valence-corrected chi connectivity index (χ3v) is 4.35. The van der Waals surface area contributed by atoms with Crippen molar-refractivity contribution in [2.45, 2.75) is 18.9 Å². The molecule has 1 aliphatic heterocycles. The zero-order chi connectivity index (χ0) is 16.8. The largest absolute Gasteiger partial charge is 0.374 e. The van der Waals surface area contributed by atoms with Crippen molar-refractivity contribution < 1.29 is 4.74 Å². The fraction of sp³-hybridized carbons (Fsp3) is 0.588. The smallest absolute Gasteiger partial charge is 0.151 e. The molecule has 3 heterocycles. The Labute approximate surface area is 143 Å². The molecule has 0 unspecified atom stereocenters. The first-order valence-electron chi connectivity index (χ1n) is 8.51. The summed E-state index contributed by atoms with van der Waals surface area (Å²) in [6, 6.07) is 3.88. The molecule has 7 nitrogen and oxygen atoms in total. The molecule has 0 aromatic carbocycles. The van der Waals surface area contributed by atoms with E-state index in [-0.39, 0.29) is 6.10 Å². The summed E-state index contributed by atoms with van der Waals surface area (Å²) < 4.78 is 7.79. The molecule has 3 rings (SSSR count). The molecule has 24 heavy (non-hydrogen) atoms. The summed E-state index contributed by atoms with van der Waals surface area (Å²) in [5.41, 5.74) is 1.31. The second kappa shape index (κ2) is 8.21. The highest BCUT2D eigenvalue weighted by atomic mass is 16.5. The van der Waals surface area contributed by atoms with Gasteiger partial charge in [-0.05, 0) is 37.1 Å². The lowest BCUT2D eigenvalue weighted by atomic mass is 10.2. The van der Waals surface area contributed by atoms with E-state index in [0.29, 0.717) is 0 Å². The number of nitrogens with zero attached hydrogens (tertiary/aromatic N) is 6. The highest BCUT2D eigenvalue weighted by molar-refractivity contribution is 5.35. The number of aryl methyl sites for hydroxylation is 2. The standard InChI is InChI=1S/C17H26N6O/c1-21(17-6-3-7-18-20-17)13-16-14-23(9-10-24-16)8-4-5-15-11-19-22(2)12-15/h3,6-7,11-12,16H,4-5,8-10,13-14H2,1-2H3/t16-/m1/s1. The normalized spacial score (nSPS) is 18.7. The zero-order valence-corrected chi connectivity index (χ0v) is 14.5. The van der Waals surface area contributed by atoms with Crippen molar-refractivity contribution in [1.29, 1.82) is 0 Å². The quantitative estimate of drug-likeness (QED) is 0.754. The van der Waals surface area contributed by atoms with E-state index in [9.17, 15) is 0 Å². The molecule has 7 heteroatoms. The Morgan fingerprint density at radius 3 is 3.08 bits per heavy atom. The molecule has 2 aromatic rings. The molecule has 1 aliphatic rings. The summed E-state index contributed by atoms with van der Waals surface area (Å²) in [7, 11) is 4.00. The average molecular weight is 330 g/mol. The van der Waals surface area contributed by atoms with Gasteiger partial charge in [-0.25, -0.2) is 0 Å². The lowest BCUT2D eigenvalue weighted by molar-refractivity contribution is -0.0237. The summed E-state index contributed by atoms with van der Waals surface area (Å²) in [4.78, 5) is 4.60. The van der Waals surface area contributed by atoms with Crippen molar-refractivity contribution >= 4 is 5.82 Å². The Morgan fingerprint density at radius 2 is 2.33 bits per heavy atom. The van der Waals surface area contributed by atoms with Gasteiger partial charge in [-0.3, -0.25) is 9.58 Å². The van der Waals surface area contributed by atoms with Gasteiger partial charge in [0, 0.05) is 46.1 Å². The maximum Gasteiger partial charge on any atom is 0.151 e. The van der Waals surface area contributed by atoms with E-state index in [1.165, 1.54) is 5.56 Å². The Bertz CT molecular complexity index is 617. The van der Waals surface area contributed by atoms with Crippen molar-refractivity contribution in [2.75, 3.05) is 44.7 Å². The molecule has 1 fully saturated rings. The van der Waals surface area contributed by atoms with Gasteiger partial charge in [-0.15, -0.1) is 5.10 Å². The minimum absolute atomic E-state index is 0.212. The highest BCUT2D eigenvalue weighted by Crippen LogP contribution is 2.12. The number of likely N-dealkylation sites (N-methyl/N-ethyl adjacent to an activating group) is 1. The van der Waals surface area contributed by atoms with Gasteiger partial charge in [0.25, 0.3) is 0 Å². The second-order valence-electron chi connectivity index (χ2n) is 6.38. The van der Waals surface area contributed by atoms with E-state index in [1.807, 2.05) is 37.1 Å². The van der Waals surface area contributed by atoms with Crippen LogP contribution >= 0.6 is 0 Å². The van der Waals surface area contributed by atoms with E-state index in [2.05, 4.69) is 31.3 Å². The monoisotopic (exact) mass is 330 g/mol. The number of ether oxygens (including phenoxy) is 1. The summed E-state index contributed by atoms with van der Waals surface area (Å²) >= 11 is 0. The number of aromatic nitrogens is 4. The number of morpholine rings is 1. The molecular formula is C17H26N6O. The van der Waals surface area contributed by atoms with E-state index in [0.717, 1.165) is 51.4 Å². The Morgan fingerprint density at radius 1 is 1.42 bits per heavy atom. The lowest BCUT2D eigenvalue weighted by Crippen LogP contribution is -2.47. The maximum atomic E-state index is 5.92. The Balaban J connectivity index is 1.42. The third kappa shape index (κ3) is 4.75. The first kappa shape index (κ1) is 16.9. The minimum atomic E-state index is 0.212. The van der Waals surface area contributed by atoms with Gasteiger partial charge in [-0.2, -0.15) is 10.2 Å². The average Bonchev–Trinajstić information content (AvgIpc) is 3.01. The highest BCUT2D eigenvalue weighted by Gasteiger charge is 2.22. The Kier molecular flexibility index (Phi) is 5.77. The SMILES string of the molecule is CN(C[C@@H]1CN(CCCc2cnn(C)c2)CCO1)c1cccnn1. The van der Waals surface area contributed by atoms with Gasteiger partial charge in [-0.1, -0.05) is 0 Å². The lowest BCUT2D eigenvalue weighted by Gasteiger charge is -2.35. The van der Waals surface area contributed by atoms with Gasteiger partial charge in [0.1, 0.15) is 0 Å². The molecular weight excluding hydrogens is 304 g/mol. The van der Waals surface area contributed by atoms with Crippen LogP contribution < -0.4 is 4.90 Å². The van der Waals surface area contributed by atoms with Crippen molar-refractivity contribution in [3.05, 3.63) is 36.3 Å². The predicted octanol–water partition coefficient (Wildman–Crippen LogP) is 0.980. The Hall–Kier alpha value is -1.99. The van der Waals surface area contributed by atoms with Crippen LogP contribution in [0.1, 0.15) is 12.0 Å². The zero-order valence-electron chi connectivity index (χ0n) is 14.5. The van der Waals surface area contributed by atoms with Crippen LogP contribution in [0.5, 0.6) is 0 Å². The summed E-state index contributed by atoms with van der Waals surface area (Å²) in [5, 5.41) is 12.3. The van der Waals surface area contributed by atoms with Crippen LogP contribution in [0.25, 0.3) is 0 Å². The molecule has 0 spiro atoms.